The fourth-order valence-corrected chi connectivity index (χ4v) is 3.12. The van der Waals surface area contributed by atoms with E-state index in [0.717, 1.165) is 17.9 Å². The molecule has 1 aliphatic heterocycles. The van der Waals surface area contributed by atoms with Gasteiger partial charge in [0.1, 0.15) is 5.75 Å². The van der Waals surface area contributed by atoms with E-state index in [1.54, 1.807) is 14.2 Å². The zero-order valence-electron chi connectivity index (χ0n) is 9.37. The molecule has 1 aliphatic rings. The van der Waals surface area contributed by atoms with Gasteiger partial charge in [-0.25, -0.2) is 0 Å². The van der Waals surface area contributed by atoms with E-state index in [1.807, 2.05) is 11.8 Å². The summed E-state index contributed by atoms with van der Waals surface area (Å²) in [6.07, 6.45) is 1.32. The number of hydrogen-bond acceptors (Lipinski definition) is 3. The molecule has 0 saturated carbocycles. The lowest BCUT2D eigenvalue weighted by atomic mass is 10.0. The van der Waals surface area contributed by atoms with Gasteiger partial charge in [0.25, 0.3) is 0 Å². The topological polar surface area (TPSA) is 18.5 Å². The molecule has 0 aromatic heterocycles. The van der Waals surface area contributed by atoms with Gasteiger partial charge in [0.15, 0.2) is 0 Å². The minimum Gasteiger partial charge on any atom is -0.496 e. The third-order valence-corrected chi connectivity index (χ3v) is 3.90. The number of benzene rings is 1. The molecular weight excluding hydrogens is 208 g/mol. The summed E-state index contributed by atoms with van der Waals surface area (Å²) in [6.45, 7) is 2.08. The lowest BCUT2D eigenvalue weighted by Crippen LogP contribution is -2.09. The van der Waals surface area contributed by atoms with Crippen LogP contribution < -0.4 is 4.74 Å². The lowest BCUT2D eigenvalue weighted by molar-refractivity contribution is 0.0972. The molecule has 1 aromatic carbocycles. The summed E-state index contributed by atoms with van der Waals surface area (Å²) in [6, 6.07) is 4.31. The molecule has 0 aliphatic carbocycles. The molecule has 0 bridgehead atoms. The third kappa shape index (κ3) is 1.99. The fraction of sp³-hybridized carbons (Fsp3) is 0.500. The van der Waals surface area contributed by atoms with Crippen LogP contribution in [-0.4, -0.2) is 20.0 Å². The highest BCUT2D eigenvalue weighted by Gasteiger charge is 2.21. The van der Waals surface area contributed by atoms with Crippen molar-refractivity contribution in [1.82, 2.24) is 0 Å². The average molecular weight is 224 g/mol. The van der Waals surface area contributed by atoms with Crippen LogP contribution >= 0.6 is 11.8 Å². The van der Waals surface area contributed by atoms with Crippen LogP contribution in [0.2, 0.25) is 0 Å². The number of aryl methyl sites for hydroxylation is 1. The Kier molecular flexibility index (Phi) is 3.22. The highest BCUT2D eigenvalue weighted by atomic mass is 32.2. The Hall–Kier alpha value is -0.670. The highest BCUT2D eigenvalue weighted by molar-refractivity contribution is 7.99. The lowest BCUT2D eigenvalue weighted by Gasteiger charge is -2.25. The van der Waals surface area contributed by atoms with E-state index in [0.29, 0.717) is 0 Å². The van der Waals surface area contributed by atoms with E-state index in [-0.39, 0.29) is 6.10 Å². The van der Waals surface area contributed by atoms with Crippen molar-refractivity contribution in [2.75, 3.05) is 20.0 Å². The highest BCUT2D eigenvalue weighted by Crippen LogP contribution is 2.40. The van der Waals surface area contributed by atoms with E-state index in [4.69, 9.17) is 9.47 Å². The molecule has 1 heterocycles. The van der Waals surface area contributed by atoms with Gasteiger partial charge in [-0.05, 0) is 36.6 Å². The summed E-state index contributed by atoms with van der Waals surface area (Å²) in [4.78, 5) is 1.34. The maximum atomic E-state index is 5.49. The fourth-order valence-electron chi connectivity index (χ4n) is 1.95. The van der Waals surface area contributed by atoms with Gasteiger partial charge < -0.3 is 9.47 Å². The molecule has 0 saturated heterocycles. The normalized spacial score (nSPS) is 19.8. The molecule has 15 heavy (non-hydrogen) atoms. The standard InChI is InChI=1S/C12H16O2S/c1-8-6-12-9(7-11(8)14-3)10(13-2)4-5-15-12/h6-7,10H,4-5H2,1-3H3. The molecule has 3 heteroatoms. The van der Waals surface area contributed by atoms with Crippen molar-refractivity contribution in [2.45, 2.75) is 24.3 Å². The Labute approximate surface area is 95.0 Å². The summed E-state index contributed by atoms with van der Waals surface area (Å²) in [5.74, 6) is 2.09. The smallest absolute Gasteiger partial charge is 0.122 e. The Bertz CT molecular complexity index is 363. The molecular formula is C12H16O2S. The van der Waals surface area contributed by atoms with E-state index in [9.17, 15) is 0 Å². The zero-order valence-corrected chi connectivity index (χ0v) is 10.2. The summed E-state index contributed by atoms with van der Waals surface area (Å²) in [5, 5.41) is 0. The number of hydrogen-bond donors (Lipinski definition) is 0. The Morgan fingerprint density at radius 2 is 2.13 bits per heavy atom. The predicted octanol–water partition coefficient (Wildman–Crippen LogP) is 3.19. The van der Waals surface area contributed by atoms with Gasteiger partial charge in [-0.3, -0.25) is 0 Å². The van der Waals surface area contributed by atoms with Gasteiger partial charge in [-0.15, -0.1) is 11.8 Å². The van der Waals surface area contributed by atoms with Crippen LogP contribution in [0.1, 0.15) is 23.7 Å². The maximum absolute atomic E-state index is 5.49. The summed E-state index contributed by atoms with van der Waals surface area (Å²) in [7, 11) is 3.49. The van der Waals surface area contributed by atoms with Gasteiger partial charge in [0, 0.05) is 17.8 Å². The summed E-state index contributed by atoms with van der Waals surface area (Å²) < 4.78 is 10.8. The number of methoxy groups -OCH3 is 2. The number of rotatable bonds is 2. The summed E-state index contributed by atoms with van der Waals surface area (Å²) in [5.41, 5.74) is 2.47. The molecule has 0 radical (unpaired) electrons. The van der Waals surface area contributed by atoms with Gasteiger partial charge in [0.05, 0.1) is 13.2 Å². The first-order chi connectivity index (χ1) is 7.26. The second-order valence-corrected chi connectivity index (χ2v) is 4.86. The van der Waals surface area contributed by atoms with E-state index in [2.05, 4.69) is 19.1 Å². The van der Waals surface area contributed by atoms with Crippen LogP contribution in [0.3, 0.4) is 0 Å². The first-order valence-corrected chi connectivity index (χ1v) is 6.09. The van der Waals surface area contributed by atoms with Crippen molar-refractivity contribution in [3.05, 3.63) is 23.3 Å². The minimum atomic E-state index is 0.232. The van der Waals surface area contributed by atoms with Crippen LogP contribution in [0.25, 0.3) is 0 Å². The first-order valence-electron chi connectivity index (χ1n) is 5.10. The van der Waals surface area contributed by atoms with Crippen LogP contribution in [0.15, 0.2) is 17.0 Å². The van der Waals surface area contributed by atoms with Crippen LogP contribution in [0.4, 0.5) is 0 Å². The molecule has 0 amide bonds. The SMILES string of the molecule is COc1cc2c(cc1C)SCCC2OC. The predicted molar refractivity (Wildman–Crippen MR) is 62.8 cm³/mol. The molecule has 1 atom stereocenters. The van der Waals surface area contributed by atoms with Crippen LogP contribution in [-0.2, 0) is 4.74 Å². The molecule has 82 valence electrons. The quantitative estimate of drug-likeness (QED) is 0.768. The maximum Gasteiger partial charge on any atom is 0.122 e. The molecule has 1 aromatic rings. The first kappa shape index (κ1) is 10.8. The number of thioether (sulfide) groups is 1. The molecule has 0 spiro atoms. The van der Waals surface area contributed by atoms with E-state index < -0.39 is 0 Å². The molecule has 2 rings (SSSR count). The largest absolute Gasteiger partial charge is 0.496 e. The van der Waals surface area contributed by atoms with Gasteiger partial charge in [0.2, 0.25) is 0 Å². The molecule has 1 unspecified atom stereocenters. The zero-order chi connectivity index (χ0) is 10.8. The van der Waals surface area contributed by atoms with Crippen molar-refractivity contribution < 1.29 is 9.47 Å². The number of fused-ring (bicyclic) bond motifs is 1. The average Bonchev–Trinajstić information content (AvgIpc) is 2.27. The van der Waals surface area contributed by atoms with Crippen molar-refractivity contribution >= 4 is 11.8 Å². The molecule has 0 N–H and O–H groups in total. The third-order valence-electron chi connectivity index (χ3n) is 2.80. The second-order valence-electron chi connectivity index (χ2n) is 3.72. The van der Waals surface area contributed by atoms with Gasteiger partial charge in [-0.2, -0.15) is 0 Å². The second kappa shape index (κ2) is 4.45. The van der Waals surface area contributed by atoms with Crippen molar-refractivity contribution in [3.63, 3.8) is 0 Å². The van der Waals surface area contributed by atoms with Crippen molar-refractivity contribution in [2.24, 2.45) is 0 Å². The van der Waals surface area contributed by atoms with Crippen molar-refractivity contribution in [1.29, 1.82) is 0 Å². The van der Waals surface area contributed by atoms with Crippen molar-refractivity contribution in [3.8, 4) is 5.75 Å². The summed E-state index contributed by atoms with van der Waals surface area (Å²) >= 11 is 1.91. The van der Waals surface area contributed by atoms with Crippen LogP contribution in [0, 0.1) is 6.92 Å². The van der Waals surface area contributed by atoms with E-state index in [1.165, 1.54) is 16.0 Å². The number of ether oxygens (including phenoxy) is 2. The minimum absolute atomic E-state index is 0.232. The van der Waals surface area contributed by atoms with E-state index >= 15 is 0 Å². The molecule has 2 nitrogen and oxygen atoms in total. The molecule has 0 fully saturated rings. The Balaban J connectivity index is 2.46. The Morgan fingerprint density at radius 3 is 2.80 bits per heavy atom. The van der Waals surface area contributed by atoms with Gasteiger partial charge in [-0.1, -0.05) is 0 Å². The monoisotopic (exact) mass is 224 g/mol. The van der Waals surface area contributed by atoms with Gasteiger partial charge >= 0.3 is 0 Å². The Morgan fingerprint density at radius 1 is 1.33 bits per heavy atom. The van der Waals surface area contributed by atoms with Crippen LogP contribution in [0.5, 0.6) is 5.75 Å².